The van der Waals surface area contributed by atoms with E-state index >= 15 is 0 Å². The number of imide groups is 1. The fraction of sp³-hybridized carbons (Fsp3) is 0.429. The van der Waals surface area contributed by atoms with Gasteiger partial charge in [-0.05, 0) is 0 Å². The monoisotopic (exact) mass is 232 g/mol. The first-order valence-electron chi connectivity index (χ1n) is 4.13. The zero-order chi connectivity index (χ0) is 12.7. The smallest absolute Gasteiger partial charge is 0.318 e. The Labute approximate surface area is 90.4 Å². The number of amides is 4. The van der Waals surface area contributed by atoms with E-state index in [0.29, 0.717) is 0 Å². The normalized spacial score (nSPS) is 9.81. The SMILES string of the molecule is NC(=O)CN(CC(=O)O)CC(=O)NC(N)=O. The largest absolute Gasteiger partial charge is 0.480 e. The van der Waals surface area contributed by atoms with Crippen molar-refractivity contribution in [1.82, 2.24) is 10.2 Å². The maximum atomic E-state index is 11.0. The van der Waals surface area contributed by atoms with Crippen LogP contribution in [0.5, 0.6) is 0 Å². The summed E-state index contributed by atoms with van der Waals surface area (Å²) in [7, 11) is 0. The zero-order valence-corrected chi connectivity index (χ0v) is 8.30. The van der Waals surface area contributed by atoms with Crippen LogP contribution in [0.2, 0.25) is 0 Å². The van der Waals surface area contributed by atoms with Gasteiger partial charge in [0.2, 0.25) is 11.8 Å². The van der Waals surface area contributed by atoms with Gasteiger partial charge in [0.25, 0.3) is 0 Å². The van der Waals surface area contributed by atoms with Crippen LogP contribution in [0.1, 0.15) is 0 Å². The quantitative estimate of drug-likeness (QED) is 0.383. The minimum Gasteiger partial charge on any atom is -0.480 e. The number of carboxylic acids is 1. The molecule has 0 radical (unpaired) electrons. The van der Waals surface area contributed by atoms with Gasteiger partial charge in [0.15, 0.2) is 0 Å². The van der Waals surface area contributed by atoms with Crippen molar-refractivity contribution < 1.29 is 24.3 Å². The van der Waals surface area contributed by atoms with Gasteiger partial charge in [0.05, 0.1) is 19.6 Å². The average molecular weight is 232 g/mol. The van der Waals surface area contributed by atoms with Crippen molar-refractivity contribution in [2.75, 3.05) is 19.6 Å². The van der Waals surface area contributed by atoms with E-state index in [0.717, 1.165) is 4.90 Å². The molecule has 0 aliphatic rings. The van der Waals surface area contributed by atoms with Crippen LogP contribution in [0.25, 0.3) is 0 Å². The topological polar surface area (TPSA) is 156 Å². The third-order valence-corrected chi connectivity index (χ3v) is 1.37. The number of nitrogens with two attached hydrogens (primary N) is 2. The number of carboxylic acid groups (broad SMARTS) is 1. The van der Waals surface area contributed by atoms with E-state index in [1.54, 1.807) is 5.32 Å². The maximum Gasteiger partial charge on any atom is 0.318 e. The number of nitrogens with one attached hydrogen (secondary N) is 1. The molecule has 9 heteroatoms. The molecule has 0 aliphatic heterocycles. The molecule has 0 atom stereocenters. The predicted octanol–water partition coefficient (Wildman–Crippen LogP) is -2.95. The van der Waals surface area contributed by atoms with Crippen molar-refractivity contribution in [3.63, 3.8) is 0 Å². The van der Waals surface area contributed by atoms with Crippen molar-refractivity contribution in [3.8, 4) is 0 Å². The summed E-state index contributed by atoms with van der Waals surface area (Å²) in [5, 5.41) is 10.2. The van der Waals surface area contributed by atoms with Crippen LogP contribution >= 0.6 is 0 Å². The first kappa shape index (κ1) is 13.8. The first-order valence-corrected chi connectivity index (χ1v) is 4.13. The van der Waals surface area contributed by atoms with E-state index in [1.807, 2.05) is 0 Å². The standard InChI is InChI=1S/C7H12N4O5/c8-4(12)1-11(3-6(14)15)2-5(13)10-7(9)16/h1-3H2,(H2,8,12)(H,14,15)(H3,9,10,13,16). The van der Waals surface area contributed by atoms with Crippen LogP contribution in [0.4, 0.5) is 4.79 Å². The van der Waals surface area contributed by atoms with Gasteiger partial charge < -0.3 is 16.6 Å². The number of carbonyl (C=O) groups excluding carboxylic acids is 3. The van der Waals surface area contributed by atoms with E-state index in [9.17, 15) is 19.2 Å². The van der Waals surface area contributed by atoms with E-state index < -0.39 is 43.4 Å². The highest BCUT2D eigenvalue weighted by Crippen LogP contribution is 1.87. The van der Waals surface area contributed by atoms with Crippen LogP contribution in [0.15, 0.2) is 0 Å². The summed E-state index contributed by atoms with van der Waals surface area (Å²) in [6.45, 7) is -1.41. The Kier molecular flexibility index (Phi) is 5.49. The van der Waals surface area contributed by atoms with Gasteiger partial charge in [0.1, 0.15) is 0 Å². The molecule has 0 unspecified atom stereocenters. The molecule has 0 aromatic carbocycles. The molecule has 6 N–H and O–H groups in total. The number of nitrogens with zero attached hydrogens (tertiary/aromatic N) is 1. The molecule has 90 valence electrons. The average Bonchev–Trinajstić information content (AvgIpc) is 1.97. The zero-order valence-electron chi connectivity index (χ0n) is 8.30. The first-order chi connectivity index (χ1) is 7.31. The van der Waals surface area contributed by atoms with Gasteiger partial charge in [-0.1, -0.05) is 0 Å². The molecule has 0 aliphatic carbocycles. The molecule has 9 nitrogen and oxygen atoms in total. The summed E-state index contributed by atoms with van der Waals surface area (Å²) in [6.07, 6.45) is 0. The lowest BCUT2D eigenvalue weighted by molar-refractivity contribution is -0.139. The molecule has 0 rings (SSSR count). The van der Waals surface area contributed by atoms with Crippen LogP contribution < -0.4 is 16.8 Å². The molecule has 0 fully saturated rings. The lowest BCUT2D eigenvalue weighted by atomic mass is 10.4. The van der Waals surface area contributed by atoms with Gasteiger partial charge in [-0.25, -0.2) is 4.79 Å². The Hall–Kier alpha value is -2.16. The maximum absolute atomic E-state index is 11.0. The predicted molar refractivity (Wildman–Crippen MR) is 51.0 cm³/mol. The molecule has 0 saturated heterocycles. The second-order valence-corrected chi connectivity index (χ2v) is 2.92. The van der Waals surface area contributed by atoms with Crippen molar-refractivity contribution in [2.45, 2.75) is 0 Å². The molecule has 16 heavy (non-hydrogen) atoms. The van der Waals surface area contributed by atoms with E-state index in [2.05, 4.69) is 5.73 Å². The molecule has 4 amide bonds. The summed E-state index contributed by atoms with van der Waals surface area (Å²) in [5.74, 6) is -2.82. The minimum atomic E-state index is -1.23. The molecular formula is C7H12N4O5. The van der Waals surface area contributed by atoms with Crippen LogP contribution in [-0.4, -0.2) is 53.5 Å². The molecule has 0 saturated carbocycles. The molecule has 0 heterocycles. The van der Waals surface area contributed by atoms with E-state index in [1.165, 1.54) is 0 Å². The van der Waals surface area contributed by atoms with Crippen molar-refractivity contribution in [1.29, 1.82) is 0 Å². The highest BCUT2D eigenvalue weighted by Gasteiger charge is 2.16. The van der Waals surface area contributed by atoms with Crippen molar-refractivity contribution in [3.05, 3.63) is 0 Å². The third kappa shape index (κ3) is 7.26. The Balaban J connectivity index is 4.29. The Bertz CT molecular complexity index is 300. The van der Waals surface area contributed by atoms with E-state index in [4.69, 9.17) is 10.8 Å². The fourth-order valence-electron chi connectivity index (χ4n) is 0.959. The molecule has 0 spiro atoms. The van der Waals surface area contributed by atoms with Crippen LogP contribution in [0, 0.1) is 0 Å². The summed E-state index contributed by atoms with van der Waals surface area (Å²) >= 11 is 0. The number of aliphatic carboxylic acids is 1. The number of primary amides is 2. The van der Waals surface area contributed by atoms with Crippen molar-refractivity contribution in [2.24, 2.45) is 11.5 Å². The minimum absolute atomic E-state index is 0.404. The number of rotatable bonds is 6. The van der Waals surface area contributed by atoms with Gasteiger partial charge in [0, 0.05) is 0 Å². The molecule has 0 aromatic heterocycles. The highest BCUT2D eigenvalue weighted by atomic mass is 16.4. The number of hydrogen-bond acceptors (Lipinski definition) is 5. The second-order valence-electron chi connectivity index (χ2n) is 2.92. The lowest BCUT2D eigenvalue weighted by Crippen LogP contribution is -2.46. The summed E-state index contributed by atoms with van der Waals surface area (Å²) in [4.78, 5) is 43.2. The van der Waals surface area contributed by atoms with E-state index in [-0.39, 0.29) is 0 Å². The number of carbonyl (C=O) groups is 4. The van der Waals surface area contributed by atoms with Crippen molar-refractivity contribution >= 4 is 23.8 Å². The Morgan fingerprint density at radius 1 is 1.06 bits per heavy atom. The summed E-state index contributed by atoms with van der Waals surface area (Å²) < 4.78 is 0. The molecular weight excluding hydrogens is 220 g/mol. The van der Waals surface area contributed by atoms with Crippen LogP contribution in [0.3, 0.4) is 0 Å². The Morgan fingerprint density at radius 2 is 1.62 bits per heavy atom. The van der Waals surface area contributed by atoms with Gasteiger partial charge in [-0.15, -0.1) is 0 Å². The Morgan fingerprint density at radius 3 is 2.00 bits per heavy atom. The van der Waals surface area contributed by atoms with Gasteiger partial charge >= 0.3 is 12.0 Å². The van der Waals surface area contributed by atoms with Gasteiger partial charge in [-0.2, -0.15) is 0 Å². The molecule has 0 aromatic rings. The highest BCUT2D eigenvalue weighted by molar-refractivity contribution is 5.94. The second kappa shape index (κ2) is 6.35. The summed E-state index contributed by atoms with van der Waals surface area (Å²) in [6, 6.07) is -1.06. The fourth-order valence-corrected chi connectivity index (χ4v) is 0.959. The lowest BCUT2D eigenvalue weighted by Gasteiger charge is -2.16. The number of urea groups is 1. The van der Waals surface area contributed by atoms with Gasteiger partial charge in [-0.3, -0.25) is 24.6 Å². The third-order valence-electron chi connectivity index (χ3n) is 1.37. The number of hydrogen-bond donors (Lipinski definition) is 4. The van der Waals surface area contributed by atoms with Crippen LogP contribution in [-0.2, 0) is 14.4 Å². The molecule has 0 bridgehead atoms. The summed E-state index contributed by atoms with van der Waals surface area (Å²) in [5.41, 5.74) is 9.52.